The van der Waals surface area contributed by atoms with Gasteiger partial charge in [0.1, 0.15) is 36.9 Å². The molecular formula is C41H35F4N9O8S. The van der Waals surface area contributed by atoms with E-state index in [4.69, 9.17) is 14.7 Å². The minimum Gasteiger partial charge on any atom is -0.491 e. The number of sulfone groups is 1. The van der Waals surface area contributed by atoms with Crippen LogP contribution in [-0.2, 0) is 37.4 Å². The van der Waals surface area contributed by atoms with Crippen LogP contribution in [0.5, 0.6) is 5.75 Å². The van der Waals surface area contributed by atoms with Crippen molar-refractivity contribution in [3.8, 4) is 11.8 Å². The molecule has 0 saturated carbocycles. The first kappa shape index (κ1) is 43.9. The Morgan fingerprint density at radius 1 is 1.00 bits per heavy atom. The molecule has 1 aliphatic rings. The number of ether oxygens (including phenoxy) is 2. The highest BCUT2D eigenvalue weighted by atomic mass is 32.2. The van der Waals surface area contributed by atoms with E-state index in [-0.39, 0.29) is 35.9 Å². The Balaban J connectivity index is 0.893. The molecule has 2 aromatic heterocycles. The topological polar surface area (TPSA) is 243 Å². The summed E-state index contributed by atoms with van der Waals surface area (Å²) in [5.74, 6) is -3.26. The van der Waals surface area contributed by atoms with Gasteiger partial charge in [0, 0.05) is 29.5 Å². The highest BCUT2D eigenvalue weighted by molar-refractivity contribution is 7.91. The van der Waals surface area contributed by atoms with Crippen molar-refractivity contribution in [1.82, 2.24) is 25.0 Å². The standard InChI is InChI=1S/C41H35F4N9O8S/c1-40(58,39(57)50-26-8-5-23(18-46)30(17-26)41(43,44)45)20-63(59,60)28-11-9-27(10-12-28)62-14-13-61-19-32(55)49-25-6-3-22(4-7-25)35-34(37-47-21-48-54(37)2)36-33-29(38(56)53-52-36)15-24(42)16-31(33)51-35/h3-12,15-17,21,34-35,51,58H,13-14,19-20H2,1-2H3,(H,49,55)(H,50,57)(H,53,56)/t34-,35-,40+/m1/s1. The normalized spacial score (nSPS) is 15.8. The number of aryl methyl sites for hydroxylation is 1. The van der Waals surface area contributed by atoms with Gasteiger partial charge in [0.05, 0.1) is 57.5 Å². The smallest absolute Gasteiger partial charge is 0.417 e. The van der Waals surface area contributed by atoms with E-state index in [2.05, 4.69) is 36.2 Å². The van der Waals surface area contributed by atoms with Crippen molar-refractivity contribution in [3.05, 3.63) is 130 Å². The van der Waals surface area contributed by atoms with E-state index in [9.17, 15) is 45.5 Å². The molecule has 6 aromatic rings. The molecule has 326 valence electrons. The van der Waals surface area contributed by atoms with Crippen LogP contribution in [0.2, 0.25) is 0 Å². The van der Waals surface area contributed by atoms with E-state index in [1.165, 1.54) is 42.7 Å². The monoisotopic (exact) mass is 889 g/mol. The predicted molar refractivity (Wildman–Crippen MR) is 217 cm³/mol. The minimum atomic E-state index is -4.91. The number of hydrogen-bond acceptors (Lipinski definition) is 13. The lowest BCUT2D eigenvalue weighted by atomic mass is 9.83. The van der Waals surface area contributed by atoms with Crippen LogP contribution in [0.25, 0.3) is 10.8 Å². The van der Waals surface area contributed by atoms with Crippen molar-refractivity contribution < 1.29 is 50.1 Å². The Labute approximate surface area is 354 Å². The number of aromatic nitrogens is 5. The number of carbonyl (C=O) groups excluding carboxylic acids is 2. The van der Waals surface area contributed by atoms with E-state index in [0.29, 0.717) is 34.3 Å². The molecule has 2 amide bonds. The van der Waals surface area contributed by atoms with E-state index < -0.39 is 79.3 Å². The lowest BCUT2D eigenvalue weighted by Gasteiger charge is -2.33. The SMILES string of the molecule is Cn1ncnc1[C@H]1c2n[nH]c(=O)c3cc(F)cc(c23)N[C@@H]1c1ccc(NC(=O)COCCOc2ccc(S(=O)(=O)C[C@](C)(O)C(=O)Nc3ccc(C#N)c(C(F)(F)F)c3)cc2)cc1. The average Bonchev–Trinajstić information content (AvgIpc) is 3.66. The summed E-state index contributed by atoms with van der Waals surface area (Å²) in [6.45, 7) is 0.501. The Hall–Kier alpha value is -7.22. The fraction of sp³-hybridized carbons (Fsp3) is 0.244. The van der Waals surface area contributed by atoms with Crippen LogP contribution < -0.4 is 26.2 Å². The number of nitriles is 1. The number of nitrogens with one attached hydrogen (secondary N) is 4. The number of H-pyrrole nitrogens is 1. The highest BCUT2D eigenvalue weighted by Gasteiger charge is 2.39. The van der Waals surface area contributed by atoms with Crippen LogP contribution in [-0.4, -0.2) is 81.5 Å². The molecule has 0 unspecified atom stereocenters. The van der Waals surface area contributed by atoms with Gasteiger partial charge < -0.3 is 30.5 Å². The van der Waals surface area contributed by atoms with Crippen molar-refractivity contribution in [2.45, 2.75) is 35.6 Å². The summed E-state index contributed by atoms with van der Waals surface area (Å²) in [5.41, 5.74) is -3.46. The second-order valence-corrected chi connectivity index (χ2v) is 16.5. The van der Waals surface area contributed by atoms with Gasteiger partial charge in [-0.2, -0.15) is 28.6 Å². The van der Waals surface area contributed by atoms with Gasteiger partial charge in [-0.25, -0.2) is 22.9 Å². The number of carbonyl (C=O) groups is 2. The molecule has 0 aliphatic carbocycles. The van der Waals surface area contributed by atoms with Crippen LogP contribution >= 0.6 is 0 Å². The number of hydrogen-bond donors (Lipinski definition) is 5. The second kappa shape index (κ2) is 17.3. The largest absolute Gasteiger partial charge is 0.491 e. The van der Waals surface area contributed by atoms with Crippen molar-refractivity contribution in [2.24, 2.45) is 7.05 Å². The quantitative estimate of drug-likeness (QED) is 0.0744. The third-order valence-electron chi connectivity index (χ3n) is 9.97. The fourth-order valence-corrected chi connectivity index (χ4v) is 8.60. The number of aromatic amines is 1. The lowest BCUT2D eigenvalue weighted by Crippen LogP contribution is -2.45. The number of amides is 2. The van der Waals surface area contributed by atoms with Gasteiger partial charge >= 0.3 is 6.18 Å². The van der Waals surface area contributed by atoms with Crippen LogP contribution in [0.3, 0.4) is 0 Å². The maximum absolute atomic E-state index is 14.6. The molecule has 0 radical (unpaired) electrons. The molecule has 0 saturated heterocycles. The van der Waals surface area contributed by atoms with Crippen LogP contribution in [0.15, 0.2) is 94.9 Å². The Kier molecular flexibility index (Phi) is 12.0. The summed E-state index contributed by atoms with van der Waals surface area (Å²) in [4.78, 5) is 42.2. The molecule has 4 aromatic carbocycles. The molecule has 63 heavy (non-hydrogen) atoms. The second-order valence-electron chi connectivity index (χ2n) is 14.6. The molecule has 0 spiro atoms. The van der Waals surface area contributed by atoms with Gasteiger partial charge in [-0.1, -0.05) is 12.1 Å². The zero-order valence-electron chi connectivity index (χ0n) is 33.0. The summed E-state index contributed by atoms with van der Waals surface area (Å²) in [5, 5.41) is 39.5. The summed E-state index contributed by atoms with van der Waals surface area (Å²) >= 11 is 0. The van der Waals surface area contributed by atoms with Gasteiger partial charge in [0.15, 0.2) is 15.4 Å². The molecule has 22 heteroatoms. The molecule has 0 bridgehead atoms. The Morgan fingerprint density at radius 2 is 1.71 bits per heavy atom. The van der Waals surface area contributed by atoms with Gasteiger partial charge in [0.25, 0.3) is 11.5 Å². The summed E-state index contributed by atoms with van der Waals surface area (Å²) in [6, 6.07) is 17.6. The number of halogens is 4. The molecule has 17 nitrogen and oxygen atoms in total. The van der Waals surface area contributed by atoms with Gasteiger partial charge in [-0.3, -0.25) is 19.1 Å². The van der Waals surface area contributed by atoms with Gasteiger partial charge in [-0.15, -0.1) is 0 Å². The van der Waals surface area contributed by atoms with E-state index in [1.807, 2.05) is 0 Å². The number of benzene rings is 4. The first-order chi connectivity index (χ1) is 29.8. The van der Waals surface area contributed by atoms with Crippen LogP contribution in [0, 0.1) is 17.1 Å². The molecular weight excluding hydrogens is 855 g/mol. The van der Waals surface area contributed by atoms with Crippen molar-refractivity contribution in [3.63, 3.8) is 0 Å². The summed E-state index contributed by atoms with van der Waals surface area (Å²) in [7, 11) is -2.59. The Bertz CT molecular complexity index is 2930. The third kappa shape index (κ3) is 9.49. The molecule has 3 heterocycles. The van der Waals surface area contributed by atoms with Gasteiger partial charge in [-0.05, 0) is 79.2 Å². The van der Waals surface area contributed by atoms with E-state index in [1.54, 1.807) is 36.0 Å². The molecule has 3 atom stereocenters. The Morgan fingerprint density at radius 3 is 2.38 bits per heavy atom. The average molecular weight is 890 g/mol. The highest BCUT2D eigenvalue weighted by Crippen LogP contribution is 2.46. The minimum absolute atomic E-state index is 0.0288. The van der Waals surface area contributed by atoms with Crippen molar-refractivity contribution in [1.29, 1.82) is 5.26 Å². The lowest BCUT2D eigenvalue weighted by molar-refractivity contribution is -0.138. The summed E-state index contributed by atoms with van der Waals surface area (Å²) in [6.07, 6.45) is -3.51. The number of rotatable bonds is 14. The zero-order chi connectivity index (χ0) is 45.3. The number of aliphatic hydroxyl groups is 1. The molecule has 0 fully saturated rings. The van der Waals surface area contributed by atoms with Crippen LogP contribution in [0.1, 0.15) is 47.1 Å². The first-order valence-corrected chi connectivity index (χ1v) is 20.4. The number of anilines is 3. The summed E-state index contributed by atoms with van der Waals surface area (Å²) < 4.78 is 93.4. The maximum atomic E-state index is 14.6. The van der Waals surface area contributed by atoms with Gasteiger partial charge in [0.2, 0.25) is 5.91 Å². The third-order valence-corrected chi connectivity index (χ3v) is 11.9. The maximum Gasteiger partial charge on any atom is 0.417 e. The number of alkyl halides is 3. The zero-order valence-corrected chi connectivity index (χ0v) is 33.8. The molecule has 7 rings (SSSR count). The predicted octanol–water partition coefficient (Wildman–Crippen LogP) is 4.58. The first-order valence-electron chi connectivity index (χ1n) is 18.8. The van der Waals surface area contributed by atoms with E-state index >= 15 is 0 Å². The van der Waals surface area contributed by atoms with Crippen molar-refractivity contribution >= 4 is 49.5 Å². The van der Waals surface area contributed by atoms with Crippen molar-refractivity contribution in [2.75, 3.05) is 41.5 Å². The molecule has 5 N–H and O–H groups in total. The fourth-order valence-electron chi connectivity index (χ4n) is 7.01. The molecule has 1 aliphatic heterocycles. The van der Waals surface area contributed by atoms with E-state index in [0.717, 1.165) is 30.7 Å². The van der Waals surface area contributed by atoms with Crippen LogP contribution in [0.4, 0.5) is 34.6 Å². The number of nitrogens with zero attached hydrogens (tertiary/aromatic N) is 5.